The monoisotopic (exact) mass is 292 g/mol. The van der Waals surface area contributed by atoms with Crippen molar-refractivity contribution in [1.82, 2.24) is 19.8 Å². The van der Waals surface area contributed by atoms with E-state index in [1.807, 2.05) is 13.8 Å². The van der Waals surface area contributed by atoms with Gasteiger partial charge in [-0.1, -0.05) is 0 Å². The number of aryl methyl sites for hydroxylation is 2. The van der Waals surface area contributed by atoms with Crippen molar-refractivity contribution in [2.24, 2.45) is 0 Å². The van der Waals surface area contributed by atoms with Gasteiger partial charge in [-0.2, -0.15) is 0 Å². The third kappa shape index (κ3) is 3.77. The number of aliphatic carboxylic acids is 1. The van der Waals surface area contributed by atoms with Crippen LogP contribution in [-0.2, 0) is 11.2 Å². The summed E-state index contributed by atoms with van der Waals surface area (Å²) >= 11 is 0. The summed E-state index contributed by atoms with van der Waals surface area (Å²) in [4.78, 5) is 24.6. The predicted molar refractivity (Wildman–Crippen MR) is 80.3 cm³/mol. The fourth-order valence-corrected chi connectivity index (χ4v) is 2.80. The van der Waals surface area contributed by atoms with Crippen LogP contribution in [0.25, 0.3) is 0 Å². The van der Waals surface area contributed by atoms with Crippen LogP contribution in [0.1, 0.15) is 35.2 Å². The van der Waals surface area contributed by atoms with Gasteiger partial charge in [0.15, 0.2) is 0 Å². The van der Waals surface area contributed by atoms with Gasteiger partial charge in [0.2, 0.25) is 0 Å². The van der Waals surface area contributed by atoms with Crippen LogP contribution < -0.4 is 0 Å². The summed E-state index contributed by atoms with van der Waals surface area (Å²) in [6.07, 6.45) is 0.615. The molecule has 1 aromatic heterocycles. The predicted octanol–water partition coefficient (Wildman–Crippen LogP) is 1.03. The second kappa shape index (κ2) is 6.49. The fraction of sp³-hybridized carbons (Fsp3) is 0.667. The Morgan fingerprint density at radius 1 is 1.24 bits per heavy atom. The van der Waals surface area contributed by atoms with E-state index in [0.717, 1.165) is 42.4 Å². The van der Waals surface area contributed by atoms with Gasteiger partial charge in [0.25, 0.3) is 0 Å². The highest BCUT2D eigenvalue weighted by molar-refractivity contribution is 5.67. The van der Waals surface area contributed by atoms with E-state index in [-0.39, 0.29) is 12.5 Å². The number of likely N-dealkylation sites (N-methyl/N-ethyl adjacent to an activating group) is 2. The summed E-state index contributed by atoms with van der Waals surface area (Å²) in [7, 11) is 4.21. The summed E-state index contributed by atoms with van der Waals surface area (Å²) in [6.45, 7) is 6.87. The summed E-state index contributed by atoms with van der Waals surface area (Å²) in [6, 6.07) is 0.203. The fourth-order valence-electron chi connectivity index (χ4n) is 2.80. The molecule has 0 aliphatic carbocycles. The van der Waals surface area contributed by atoms with E-state index in [2.05, 4.69) is 33.9 Å². The number of carboxylic acids is 1. The molecule has 0 bridgehead atoms. The normalized spacial score (nSPS) is 20.7. The van der Waals surface area contributed by atoms with Crippen LogP contribution in [0.3, 0.4) is 0 Å². The van der Waals surface area contributed by atoms with Crippen LogP contribution in [0.5, 0.6) is 0 Å². The number of nitrogens with zero attached hydrogens (tertiary/aromatic N) is 4. The highest BCUT2D eigenvalue weighted by atomic mass is 16.4. The van der Waals surface area contributed by atoms with Crippen molar-refractivity contribution in [3.63, 3.8) is 0 Å². The van der Waals surface area contributed by atoms with E-state index < -0.39 is 5.97 Å². The van der Waals surface area contributed by atoms with Gasteiger partial charge in [-0.05, 0) is 39.9 Å². The minimum absolute atomic E-state index is 0.121. The van der Waals surface area contributed by atoms with Gasteiger partial charge in [0, 0.05) is 37.4 Å². The molecule has 21 heavy (non-hydrogen) atoms. The first-order chi connectivity index (χ1) is 9.88. The Bertz CT molecular complexity index is 509. The van der Waals surface area contributed by atoms with Crippen LogP contribution in [-0.4, -0.2) is 64.6 Å². The Morgan fingerprint density at radius 3 is 2.43 bits per heavy atom. The molecule has 1 unspecified atom stereocenters. The largest absolute Gasteiger partial charge is 0.481 e. The molecule has 1 fully saturated rings. The molecule has 0 spiro atoms. The summed E-state index contributed by atoms with van der Waals surface area (Å²) in [5.74, 6) is 0.0599. The Kier molecular flexibility index (Phi) is 4.90. The third-order valence-electron chi connectivity index (χ3n) is 4.18. The molecule has 1 atom stereocenters. The summed E-state index contributed by atoms with van der Waals surface area (Å²) in [5, 5.41) is 8.83. The zero-order valence-corrected chi connectivity index (χ0v) is 13.3. The van der Waals surface area contributed by atoms with E-state index in [1.54, 1.807) is 0 Å². The molecule has 6 nitrogen and oxygen atoms in total. The van der Waals surface area contributed by atoms with Crippen molar-refractivity contribution < 1.29 is 9.90 Å². The lowest BCUT2D eigenvalue weighted by atomic mass is 10.1. The molecule has 0 radical (unpaired) electrons. The first-order valence-corrected chi connectivity index (χ1v) is 7.33. The molecular formula is C15H24N4O2. The van der Waals surface area contributed by atoms with E-state index in [1.165, 1.54) is 0 Å². The number of carboxylic acid groups (broad SMARTS) is 1. The van der Waals surface area contributed by atoms with E-state index >= 15 is 0 Å². The summed E-state index contributed by atoms with van der Waals surface area (Å²) < 4.78 is 0. The highest BCUT2D eigenvalue weighted by Crippen LogP contribution is 2.23. The third-order valence-corrected chi connectivity index (χ3v) is 4.18. The van der Waals surface area contributed by atoms with E-state index in [9.17, 15) is 4.79 Å². The van der Waals surface area contributed by atoms with Crippen LogP contribution >= 0.6 is 0 Å². The van der Waals surface area contributed by atoms with Gasteiger partial charge in [0.05, 0.1) is 6.04 Å². The Morgan fingerprint density at radius 2 is 1.86 bits per heavy atom. The maximum Gasteiger partial charge on any atom is 0.303 e. The number of hydrogen-bond donors (Lipinski definition) is 1. The van der Waals surface area contributed by atoms with Crippen molar-refractivity contribution in [2.45, 2.75) is 32.7 Å². The molecule has 2 heterocycles. The molecule has 2 rings (SSSR count). The topological polar surface area (TPSA) is 69.6 Å². The Labute approximate surface area is 125 Å². The highest BCUT2D eigenvalue weighted by Gasteiger charge is 2.26. The number of carbonyl (C=O) groups is 1. The van der Waals surface area contributed by atoms with Crippen LogP contribution in [0.15, 0.2) is 0 Å². The summed E-state index contributed by atoms with van der Waals surface area (Å²) in [5.41, 5.74) is 2.77. The average Bonchev–Trinajstić information content (AvgIpc) is 2.40. The second-order valence-electron chi connectivity index (χ2n) is 5.88. The quantitative estimate of drug-likeness (QED) is 0.894. The lowest BCUT2D eigenvalue weighted by Crippen LogP contribution is -2.45. The molecule has 1 aliphatic rings. The molecule has 0 amide bonds. The molecule has 1 N–H and O–H groups in total. The van der Waals surface area contributed by atoms with Gasteiger partial charge in [0.1, 0.15) is 5.82 Å². The van der Waals surface area contributed by atoms with Gasteiger partial charge >= 0.3 is 5.97 Å². The maximum atomic E-state index is 10.7. The minimum atomic E-state index is -0.786. The lowest BCUT2D eigenvalue weighted by molar-refractivity contribution is -0.136. The molecule has 1 saturated heterocycles. The number of piperazine rings is 1. The Hall–Kier alpha value is -1.53. The number of hydrogen-bond acceptors (Lipinski definition) is 5. The zero-order valence-electron chi connectivity index (χ0n) is 13.3. The van der Waals surface area contributed by atoms with Crippen molar-refractivity contribution in [2.75, 3.05) is 33.7 Å². The van der Waals surface area contributed by atoms with Gasteiger partial charge in [-0.3, -0.25) is 9.69 Å². The van der Waals surface area contributed by atoms with Crippen LogP contribution in [0.2, 0.25) is 0 Å². The molecule has 116 valence electrons. The molecule has 1 aromatic rings. The van der Waals surface area contributed by atoms with Crippen molar-refractivity contribution in [1.29, 1.82) is 0 Å². The second-order valence-corrected chi connectivity index (χ2v) is 5.88. The number of rotatable bonds is 4. The lowest BCUT2D eigenvalue weighted by Gasteiger charge is -2.36. The van der Waals surface area contributed by atoms with E-state index in [0.29, 0.717) is 6.42 Å². The molecule has 6 heteroatoms. The number of aromatic nitrogens is 2. The molecule has 1 aliphatic heterocycles. The van der Waals surface area contributed by atoms with Gasteiger partial charge in [-0.15, -0.1) is 0 Å². The minimum Gasteiger partial charge on any atom is -0.481 e. The molecule has 0 aromatic carbocycles. The first-order valence-electron chi connectivity index (χ1n) is 7.33. The van der Waals surface area contributed by atoms with Crippen molar-refractivity contribution in [3.8, 4) is 0 Å². The first kappa shape index (κ1) is 15.9. The van der Waals surface area contributed by atoms with Crippen molar-refractivity contribution >= 4 is 5.97 Å². The average molecular weight is 292 g/mol. The van der Waals surface area contributed by atoms with Crippen LogP contribution in [0, 0.1) is 13.8 Å². The van der Waals surface area contributed by atoms with Crippen LogP contribution in [0.4, 0.5) is 0 Å². The standard InChI is InChI=1S/C15H24N4O2/c1-10-12(5-6-14(20)21)11(2)17-15(16-10)13-9-18(3)7-8-19(13)4/h13H,5-9H2,1-4H3,(H,20,21). The molecular weight excluding hydrogens is 268 g/mol. The maximum absolute atomic E-state index is 10.7. The zero-order chi connectivity index (χ0) is 15.6. The smallest absolute Gasteiger partial charge is 0.303 e. The van der Waals surface area contributed by atoms with Crippen molar-refractivity contribution in [3.05, 3.63) is 22.8 Å². The molecule has 0 saturated carbocycles. The van der Waals surface area contributed by atoms with Gasteiger partial charge < -0.3 is 10.0 Å². The SMILES string of the molecule is Cc1nc(C2CN(C)CCN2C)nc(C)c1CCC(=O)O. The van der Waals surface area contributed by atoms with E-state index in [4.69, 9.17) is 5.11 Å². The van der Waals surface area contributed by atoms with Gasteiger partial charge in [-0.25, -0.2) is 9.97 Å². The Balaban J connectivity index is 2.24.